The number of aromatic carboxylic acids is 1. The molecule has 0 unspecified atom stereocenters. The van der Waals surface area contributed by atoms with Gasteiger partial charge in [-0.25, -0.2) is 4.79 Å². The first-order chi connectivity index (χ1) is 15.6. The number of rotatable bonds is 8. The van der Waals surface area contributed by atoms with E-state index in [1.807, 2.05) is 60.7 Å². The Morgan fingerprint density at radius 2 is 1.69 bits per heavy atom. The van der Waals surface area contributed by atoms with Gasteiger partial charge in [-0.15, -0.1) is 0 Å². The van der Waals surface area contributed by atoms with E-state index in [0.29, 0.717) is 50.0 Å². The van der Waals surface area contributed by atoms with E-state index in [0.717, 1.165) is 28.3 Å². The van der Waals surface area contributed by atoms with Crippen molar-refractivity contribution in [3.05, 3.63) is 88.4 Å². The van der Waals surface area contributed by atoms with Crippen molar-refractivity contribution in [1.29, 1.82) is 0 Å². The molecule has 0 aromatic heterocycles. The van der Waals surface area contributed by atoms with Gasteiger partial charge < -0.3 is 24.8 Å². The molecular formula is C25H25ClN2O4. The minimum Gasteiger partial charge on any atom is -0.489 e. The number of morpholine rings is 1. The summed E-state index contributed by atoms with van der Waals surface area (Å²) < 4.78 is 11.2. The minimum absolute atomic E-state index is 0.294. The third-order valence-corrected chi connectivity index (χ3v) is 5.57. The fourth-order valence-electron chi connectivity index (χ4n) is 3.55. The van der Waals surface area contributed by atoms with E-state index in [9.17, 15) is 9.90 Å². The highest BCUT2D eigenvalue weighted by Crippen LogP contribution is 2.26. The van der Waals surface area contributed by atoms with E-state index in [4.69, 9.17) is 21.1 Å². The lowest BCUT2D eigenvalue weighted by molar-refractivity contribution is 0.0696. The molecular weight excluding hydrogens is 428 g/mol. The van der Waals surface area contributed by atoms with Gasteiger partial charge in [0.15, 0.2) is 0 Å². The summed E-state index contributed by atoms with van der Waals surface area (Å²) in [6.45, 7) is 3.66. The fraction of sp³-hybridized carbons (Fsp3) is 0.240. The summed E-state index contributed by atoms with van der Waals surface area (Å²) in [5.41, 5.74) is 3.91. The van der Waals surface area contributed by atoms with Crippen molar-refractivity contribution < 1.29 is 19.4 Å². The first-order valence-electron chi connectivity index (χ1n) is 10.5. The van der Waals surface area contributed by atoms with Gasteiger partial charge in [0.2, 0.25) is 0 Å². The van der Waals surface area contributed by atoms with Crippen LogP contribution < -0.4 is 15.0 Å². The van der Waals surface area contributed by atoms with Gasteiger partial charge in [0.25, 0.3) is 0 Å². The quantitative estimate of drug-likeness (QED) is 0.497. The molecule has 0 spiro atoms. The standard InChI is InChI=1S/C25H25ClN2O4/c26-20-5-1-19(2-6-20)17-32-22-8-3-18(4-9-22)16-27-21-7-10-24(23(15-21)25(29)30)28-11-13-31-14-12-28/h1-10,15,27H,11-14,16-17H2,(H,29,30). The second-order valence-electron chi connectivity index (χ2n) is 7.55. The Labute approximate surface area is 192 Å². The number of halogens is 1. The Kier molecular flexibility index (Phi) is 7.14. The highest BCUT2D eigenvalue weighted by atomic mass is 35.5. The summed E-state index contributed by atoms with van der Waals surface area (Å²) in [6, 6.07) is 20.9. The lowest BCUT2D eigenvalue weighted by atomic mass is 10.1. The van der Waals surface area contributed by atoms with Gasteiger partial charge in [-0.2, -0.15) is 0 Å². The van der Waals surface area contributed by atoms with E-state index < -0.39 is 5.97 Å². The number of carboxylic acid groups (broad SMARTS) is 1. The lowest BCUT2D eigenvalue weighted by Gasteiger charge is -2.30. The number of nitrogens with zero attached hydrogens (tertiary/aromatic N) is 1. The predicted octanol–water partition coefficient (Wildman–Crippen LogP) is 5.07. The highest BCUT2D eigenvalue weighted by Gasteiger charge is 2.18. The lowest BCUT2D eigenvalue weighted by Crippen LogP contribution is -2.37. The van der Waals surface area contributed by atoms with E-state index in [-0.39, 0.29) is 0 Å². The first kappa shape index (κ1) is 22.0. The number of carbonyl (C=O) groups is 1. The molecule has 166 valence electrons. The van der Waals surface area contributed by atoms with E-state index in [1.165, 1.54) is 0 Å². The molecule has 1 aliphatic heterocycles. The maximum atomic E-state index is 11.8. The number of carboxylic acids is 1. The average Bonchev–Trinajstić information content (AvgIpc) is 2.83. The summed E-state index contributed by atoms with van der Waals surface area (Å²) in [7, 11) is 0. The Morgan fingerprint density at radius 1 is 1.00 bits per heavy atom. The Morgan fingerprint density at radius 3 is 2.38 bits per heavy atom. The number of hydrogen-bond donors (Lipinski definition) is 2. The molecule has 0 saturated carbocycles. The normalized spacial score (nSPS) is 13.6. The van der Waals surface area contributed by atoms with Crippen LogP contribution in [0.5, 0.6) is 5.75 Å². The van der Waals surface area contributed by atoms with Crippen LogP contribution in [0.15, 0.2) is 66.7 Å². The molecule has 0 radical (unpaired) electrons. The molecule has 1 saturated heterocycles. The zero-order chi connectivity index (χ0) is 22.3. The number of ether oxygens (including phenoxy) is 2. The number of hydrogen-bond acceptors (Lipinski definition) is 5. The van der Waals surface area contributed by atoms with Crippen molar-refractivity contribution >= 4 is 28.9 Å². The number of benzene rings is 3. The van der Waals surface area contributed by atoms with Gasteiger partial charge in [-0.3, -0.25) is 0 Å². The Balaban J connectivity index is 1.35. The van der Waals surface area contributed by atoms with Gasteiger partial charge in [-0.1, -0.05) is 35.9 Å². The largest absolute Gasteiger partial charge is 0.489 e. The van der Waals surface area contributed by atoms with Gasteiger partial charge >= 0.3 is 5.97 Å². The van der Waals surface area contributed by atoms with Crippen LogP contribution in [0.25, 0.3) is 0 Å². The minimum atomic E-state index is -0.933. The second-order valence-corrected chi connectivity index (χ2v) is 7.99. The molecule has 1 aliphatic rings. The maximum absolute atomic E-state index is 11.8. The van der Waals surface area contributed by atoms with Crippen LogP contribution in [0.3, 0.4) is 0 Å². The van der Waals surface area contributed by atoms with E-state index in [2.05, 4.69) is 10.2 Å². The first-order valence-corrected chi connectivity index (χ1v) is 10.9. The van der Waals surface area contributed by atoms with Gasteiger partial charge in [0, 0.05) is 30.3 Å². The van der Waals surface area contributed by atoms with Crippen LogP contribution in [0.1, 0.15) is 21.5 Å². The summed E-state index contributed by atoms with van der Waals surface area (Å²) in [6.07, 6.45) is 0. The SMILES string of the molecule is O=C(O)c1cc(NCc2ccc(OCc3ccc(Cl)cc3)cc2)ccc1N1CCOCC1. The second kappa shape index (κ2) is 10.4. The molecule has 7 heteroatoms. The van der Waals surface area contributed by atoms with Crippen molar-refractivity contribution in [1.82, 2.24) is 0 Å². The molecule has 1 heterocycles. The summed E-state index contributed by atoms with van der Waals surface area (Å²) in [5.74, 6) is -0.149. The smallest absolute Gasteiger partial charge is 0.337 e. The van der Waals surface area contributed by atoms with Gasteiger partial charge in [-0.05, 0) is 53.6 Å². The van der Waals surface area contributed by atoms with Crippen molar-refractivity contribution in [2.75, 3.05) is 36.5 Å². The van der Waals surface area contributed by atoms with Crippen molar-refractivity contribution in [3.8, 4) is 5.75 Å². The molecule has 0 bridgehead atoms. The molecule has 0 amide bonds. The molecule has 32 heavy (non-hydrogen) atoms. The van der Waals surface area contributed by atoms with Crippen molar-refractivity contribution in [2.45, 2.75) is 13.2 Å². The van der Waals surface area contributed by atoms with Crippen molar-refractivity contribution in [3.63, 3.8) is 0 Å². The molecule has 1 fully saturated rings. The maximum Gasteiger partial charge on any atom is 0.337 e. The monoisotopic (exact) mass is 452 g/mol. The number of anilines is 2. The molecule has 0 aliphatic carbocycles. The van der Waals surface area contributed by atoms with E-state index in [1.54, 1.807) is 6.07 Å². The molecule has 6 nitrogen and oxygen atoms in total. The number of nitrogens with one attached hydrogen (secondary N) is 1. The predicted molar refractivity (Wildman–Crippen MR) is 126 cm³/mol. The molecule has 3 aromatic rings. The van der Waals surface area contributed by atoms with Crippen LogP contribution in [0.2, 0.25) is 5.02 Å². The summed E-state index contributed by atoms with van der Waals surface area (Å²) in [5, 5.41) is 13.7. The molecule has 0 atom stereocenters. The van der Waals surface area contributed by atoms with Crippen LogP contribution in [0.4, 0.5) is 11.4 Å². The van der Waals surface area contributed by atoms with Crippen LogP contribution in [0, 0.1) is 0 Å². The molecule has 2 N–H and O–H groups in total. The third-order valence-electron chi connectivity index (χ3n) is 5.32. The average molecular weight is 453 g/mol. The third kappa shape index (κ3) is 5.72. The topological polar surface area (TPSA) is 71.0 Å². The van der Waals surface area contributed by atoms with Crippen LogP contribution in [-0.4, -0.2) is 37.4 Å². The Hall–Kier alpha value is -3.22. The molecule has 3 aromatic carbocycles. The molecule has 4 rings (SSSR count). The fourth-order valence-corrected chi connectivity index (χ4v) is 3.68. The van der Waals surface area contributed by atoms with E-state index >= 15 is 0 Å². The Bertz CT molecular complexity index is 1050. The van der Waals surface area contributed by atoms with Crippen LogP contribution >= 0.6 is 11.6 Å². The van der Waals surface area contributed by atoms with Gasteiger partial charge in [0.05, 0.1) is 24.5 Å². The summed E-state index contributed by atoms with van der Waals surface area (Å²) in [4.78, 5) is 13.9. The summed E-state index contributed by atoms with van der Waals surface area (Å²) >= 11 is 5.91. The zero-order valence-electron chi connectivity index (χ0n) is 17.6. The zero-order valence-corrected chi connectivity index (χ0v) is 18.3. The van der Waals surface area contributed by atoms with Gasteiger partial charge in [0.1, 0.15) is 12.4 Å². The van der Waals surface area contributed by atoms with Crippen LogP contribution in [-0.2, 0) is 17.9 Å². The highest BCUT2D eigenvalue weighted by molar-refractivity contribution is 6.30. The van der Waals surface area contributed by atoms with Crippen molar-refractivity contribution in [2.24, 2.45) is 0 Å².